The Kier molecular flexibility index (Phi) is 7.24. The summed E-state index contributed by atoms with van der Waals surface area (Å²) < 4.78 is 6.93. The Morgan fingerprint density at radius 1 is 1.19 bits per heavy atom. The fourth-order valence-electron chi connectivity index (χ4n) is 3.59. The minimum absolute atomic E-state index is 0.137. The van der Waals surface area contributed by atoms with Crippen molar-refractivity contribution in [1.82, 2.24) is 24.8 Å². The van der Waals surface area contributed by atoms with Crippen LogP contribution in [-0.2, 0) is 17.6 Å². The fourth-order valence-corrected chi connectivity index (χ4v) is 3.59. The van der Waals surface area contributed by atoms with Crippen molar-refractivity contribution in [2.75, 3.05) is 19.7 Å². The number of nitrogens with two attached hydrogens (primary N) is 1. The van der Waals surface area contributed by atoms with Crippen LogP contribution in [0.3, 0.4) is 0 Å². The van der Waals surface area contributed by atoms with E-state index in [4.69, 9.17) is 10.5 Å². The van der Waals surface area contributed by atoms with Crippen LogP contribution >= 0.6 is 0 Å². The molecule has 3 rings (SSSR count). The lowest BCUT2D eigenvalue weighted by Gasteiger charge is -2.19. The molecule has 2 heterocycles. The predicted molar refractivity (Wildman–Crippen MR) is 118 cm³/mol. The van der Waals surface area contributed by atoms with Crippen molar-refractivity contribution in [3.63, 3.8) is 0 Å². The Labute approximate surface area is 178 Å². The van der Waals surface area contributed by atoms with Gasteiger partial charge in [0.1, 0.15) is 11.3 Å². The predicted octanol–water partition coefficient (Wildman–Crippen LogP) is 0.761. The third-order valence-corrected chi connectivity index (χ3v) is 4.91. The molecule has 0 saturated carbocycles. The number of nitrogens with one attached hydrogen (secondary N) is 3. The second-order valence-corrected chi connectivity index (χ2v) is 7.16. The van der Waals surface area contributed by atoms with Crippen LogP contribution in [0.4, 0.5) is 0 Å². The summed E-state index contributed by atoms with van der Waals surface area (Å²) in [4.78, 5) is 47.1. The van der Waals surface area contributed by atoms with Gasteiger partial charge in [-0.3, -0.25) is 14.6 Å². The first-order valence-electron chi connectivity index (χ1n) is 10.4. The van der Waals surface area contributed by atoms with Gasteiger partial charge in [-0.2, -0.15) is 0 Å². The number of imidazole rings is 1. The summed E-state index contributed by atoms with van der Waals surface area (Å²) in [6, 6.07) is 3.40. The van der Waals surface area contributed by atoms with Crippen LogP contribution in [0, 0.1) is 0 Å². The van der Waals surface area contributed by atoms with Crippen LogP contribution in [0.1, 0.15) is 37.8 Å². The van der Waals surface area contributed by atoms with E-state index in [1.807, 2.05) is 13.8 Å². The first kappa shape index (κ1) is 22.3. The van der Waals surface area contributed by atoms with Crippen molar-refractivity contribution in [2.24, 2.45) is 5.73 Å². The van der Waals surface area contributed by atoms with Gasteiger partial charge in [0.15, 0.2) is 12.3 Å². The standard InChI is InChI=1S/C21H28N6O4/c1-3-5-13-14(6-4-2)16(31-11-17(28)23-10-9-22)8-7-15(13)27-20(29)18-19(25-12-24-18)26-21(27)30/h7-8,12H,3-6,9-11,22H2,1-2H3,(H,23,28)(H,24,25)(H,26,30). The molecule has 10 heteroatoms. The number of hydrogen-bond donors (Lipinski definition) is 4. The highest BCUT2D eigenvalue weighted by Crippen LogP contribution is 2.30. The van der Waals surface area contributed by atoms with Gasteiger partial charge < -0.3 is 20.8 Å². The van der Waals surface area contributed by atoms with Gasteiger partial charge in [-0.05, 0) is 36.1 Å². The summed E-state index contributed by atoms with van der Waals surface area (Å²) in [6.45, 7) is 4.66. The second-order valence-electron chi connectivity index (χ2n) is 7.16. The summed E-state index contributed by atoms with van der Waals surface area (Å²) in [5.74, 6) is 0.315. The Morgan fingerprint density at radius 3 is 2.65 bits per heavy atom. The number of aromatic nitrogens is 4. The molecule has 0 aliphatic rings. The number of carbonyl (C=O) groups is 1. The highest BCUT2D eigenvalue weighted by molar-refractivity contribution is 5.77. The molecular weight excluding hydrogens is 400 g/mol. The lowest BCUT2D eigenvalue weighted by atomic mass is 9.96. The van der Waals surface area contributed by atoms with E-state index in [-0.39, 0.29) is 23.7 Å². The lowest BCUT2D eigenvalue weighted by Crippen LogP contribution is -2.35. The molecule has 1 aromatic carbocycles. The molecule has 0 saturated heterocycles. The summed E-state index contributed by atoms with van der Waals surface area (Å²) >= 11 is 0. The van der Waals surface area contributed by atoms with E-state index in [1.54, 1.807) is 12.1 Å². The number of H-pyrrole nitrogens is 2. The fraction of sp³-hybridized carbons (Fsp3) is 0.429. The van der Waals surface area contributed by atoms with Gasteiger partial charge in [0.05, 0.1) is 12.0 Å². The van der Waals surface area contributed by atoms with Crippen molar-refractivity contribution < 1.29 is 9.53 Å². The van der Waals surface area contributed by atoms with Crippen molar-refractivity contribution in [3.8, 4) is 11.4 Å². The number of rotatable bonds is 10. The van der Waals surface area contributed by atoms with Gasteiger partial charge in [0.2, 0.25) is 0 Å². The summed E-state index contributed by atoms with van der Waals surface area (Å²) in [7, 11) is 0. The van der Waals surface area contributed by atoms with Crippen molar-refractivity contribution in [3.05, 3.63) is 50.4 Å². The van der Waals surface area contributed by atoms with E-state index >= 15 is 0 Å². The van der Waals surface area contributed by atoms with Crippen LogP contribution in [0.15, 0.2) is 28.0 Å². The summed E-state index contributed by atoms with van der Waals surface area (Å²) in [6.07, 6.45) is 4.34. The highest BCUT2D eigenvalue weighted by Gasteiger charge is 2.19. The van der Waals surface area contributed by atoms with Crippen molar-refractivity contribution in [2.45, 2.75) is 39.5 Å². The van der Waals surface area contributed by atoms with Gasteiger partial charge in [0, 0.05) is 13.1 Å². The molecule has 10 nitrogen and oxygen atoms in total. The molecule has 5 N–H and O–H groups in total. The van der Waals surface area contributed by atoms with Crippen molar-refractivity contribution >= 4 is 17.1 Å². The van der Waals surface area contributed by atoms with Crippen molar-refractivity contribution in [1.29, 1.82) is 0 Å². The summed E-state index contributed by atoms with van der Waals surface area (Å²) in [5, 5.41) is 2.67. The molecule has 0 aliphatic heterocycles. The topological polar surface area (TPSA) is 148 Å². The number of fused-ring (bicyclic) bond motifs is 1. The number of carbonyl (C=O) groups excluding carboxylic acids is 1. The third kappa shape index (κ3) is 4.69. The molecule has 0 aliphatic carbocycles. The minimum Gasteiger partial charge on any atom is -0.483 e. The molecule has 0 fully saturated rings. The van der Waals surface area contributed by atoms with Crippen LogP contribution in [-0.4, -0.2) is 45.1 Å². The van der Waals surface area contributed by atoms with E-state index in [0.29, 0.717) is 37.4 Å². The Bertz CT molecular complexity index is 1180. The number of nitrogens with zero attached hydrogens (tertiary/aromatic N) is 2. The van der Waals surface area contributed by atoms with E-state index in [2.05, 4.69) is 20.3 Å². The van der Waals surface area contributed by atoms with E-state index in [0.717, 1.165) is 28.5 Å². The zero-order valence-electron chi connectivity index (χ0n) is 17.8. The molecule has 0 radical (unpaired) electrons. The number of benzene rings is 1. The molecule has 0 unspecified atom stereocenters. The molecule has 3 aromatic rings. The first-order chi connectivity index (χ1) is 15.0. The SMILES string of the molecule is CCCc1c(OCC(=O)NCCN)ccc(-n2c(=O)[nH]c3nc[nH]c3c2=O)c1CCC. The summed E-state index contributed by atoms with van der Waals surface area (Å²) in [5.41, 5.74) is 7.10. The average Bonchev–Trinajstić information content (AvgIpc) is 3.22. The molecule has 2 aromatic heterocycles. The monoisotopic (exact) mass is 428 g/mol. The van der Waals surface area contributed by atoms with Gasteiger partial charge in [-0.25, -0.2) is 14.3 Å². The van der Waals surface area contributed by atoms with E-state index in [1.165, 1.54) is 6.33 Å². The van der Waals surface area contributed by atoms with Gasteiger partial charge >= 0.3 is 5.69 Å². The molecule has 166 valence electrons. The third-order valence-electron chi connectivity index (χ3n) is 4.91. The lowest BCUT2D eigenvalue weighted by molar-refractivity contribution is -0.123. The first-order valence-corrected chi connectivity index (χ1v) is 10.4. The molecule has 1 amide bonds. The maximum Gasteiger partial charge on any atom is 0.334 e. The van der Waals surface area contributed by atoms with Gasteiger partial charge in [-0.1, -0.05) is 26.7 Å². The normalized spacial score (nSPS) is 11.1. The highest BCUT2D eigenvalue weighted by atomic mass is 16.5. The molecule has 31 heavy (non-hydrogen) atoms. The molecule has 0 atom stereocenters. The van der Waals surface area contributed by atoms with Gasteiger partial charge in [0.25, 0.3) is 11.5 Å². The van der Waals surface area contributed by atoms with E-state index < -0.39 is 11.2 Å². The number of aromatic amines is 2. The second kappa shape index (κ2) is 10.1. The smallest absolute Gasteiger partial charge is 0.334 e. The minimum atomic E-state index is -0.556. The van der Waals surface area contributed by atoms with Crippen LogP contribution < -0.4 is 27.0 Å². The Hall–Kier alpha value is -3.40. The van der Waals surface area contributed by atoms with Crippen LogP contribution in [0.5, 0.6) is 5.75 Å². The largest absolute Gasteiger partial charge is 0.483 e. The molecular formula is C21H28N6O4. The van der Waals surface area contributed by atoms with Crippen LogP contribution in [0.2, 0.25) is 0 Å². The zero-order valence-corrected chi connectivity index (χ0v) is 17.8. The van der Waals surface area contributed by atoms with Gasteiger partial charge in [-0.15, -0.1) is 0 Å². The molecule has 0 spiro atoms. The Balaban J connectivity index is 2.10. The number of amides is 1. The van der Waals surface area contributed by atoms with Crippen LogP contribution in [0.25, 0.3) is 16.9 Å². The maximum absolute atomic E-state index is 13.0. The zero-order chi connectivity index (χ0) is 22.4. The quantitative estimate of drug-likeness (QED) is 0.375. The maximum atomic E-state index is 13.0. The molecule has 0 bridgehead atoms. The number of hydrogen-bond acceptors (Lipinski definition) is 6. The average molecular weight is 428 g/mol. The van der Waals surface area contributed by atoms with E-state index in [9.17, 15) is 14.4 Å². The number of ether oxygens (including phenoxy) is 1. The Morgan fingerprint density at radius 2 is 1.94 bits per heavy atom.